The lowest BCUT2D eigenvalue weighted by Gasteiger charge is -2.16. The number of carbonyl (C=O) groups excluding carboxylic acids is 3. The largest absolute Gasteiger partial charge is 1.00 e. The van der Waals surface area contributed by atoms with Crippen LogP contribution < -0.4 is 23.5 Å². The normalized spacial score (nSPS) is 11.7. The number of nitrogens with one attached hydrogen (secondary N) is 2. The first kappa shape index (κ1) is 36.9. The number of Topliss-reactive ketones (excluding diaryl/α,β-unsaturated/α-hetero) is 1. The number of alkyl halides is 1. The Morgan fingerprint density at radius 1 is 0.971 bits per heavy atom. The van der Waals surface area contributed by atoms with Crippen molar-refractivity contribution in [3.05, 3.63) is 18.2 Å². The molecule has 1 aromatic rings. The van der Waals surface area contributed by atoms with E-state index in [2.05, 4.69) is 23.8 Å². The van der Waals surface area contributed by atoms with Crippen LogP contribution in [0.2, 0.25) is 0 Å². The maximum absolute atomic E-state index is 12.6. The summed E-state index contributed by atoms with van der Waals surface area (Å²) in [4.78, 5) is 43.3. The molecule has 1 rings (SSSR count). The van der Waals surface area contributed by atoms with Gasteiger partial charge in [0.1, 0.15) is 17.8 Å². The van der Waals surface area contributed by atoms with Crippen LogP contribution in [0.5, 0.6) is 0 Å². The van der Waals surface area contributed by atoms with Crippen molar-refractivity contribution >= 4 is 29.3 Å². The molecule has 34 heavy (non-hydrogen) atoms. The lowest BCUT2D eigenvalue weighted by Crippen LogP contribution is -3.00. The number of rotatable bonds is 18. The average Bonchev–Trinajstić information content (AvgIpc) is 3.25. The molecule has 1 aromatic heterocycles. The van der Waals surface area contributed by atoms with Gasteiger partial charge in [0.15, 0.2) is 5.78 Å². The smallest absolute Gasteiger partial charge is 0.309 e. The first-order valence-corrected chi connectivity index (χ1v) is 11.9. The Morgan fingerprint density at radius 3 is 2.09 bits per heavy atom. The van der Waals surface area contributed by atoms with Crippen LogP contribution in [0.25, 0.3) is 0 Å². The summed E-state index contributed by atoms with van der Waals surface area (Å²) in [5, 5.41) is -0.806. The molecule has 8 nitrogen and oxygen atoms in total. The Kier molecular flexibility index (Phi) is 25.1. The van der Waals surface area contributed by atoms with Crippen molar-refractivity contribution in [2.24, 2.45) is 5.92 Å². The van der Waals surface area contributed by atoms with E-state index in [0.717, 1.165) is 57.2 Å². The van der Waals surface area contributed by atoms with Crippen molar-refractivity contribution in [1.82, 2.24) is 11.1 Å². The lowest BCUT2D eigenvalue weighted by molar-refractivity contribution is -0.388. The number of hydrogen-bond donors (Lipinski definition) is 2. The molecular formula is C24H45Cl2N3O5. The fraction of sp³-hybridized carbons (Fsp3) is 0.750. The van der Waals surface area contributed by atoms with Gasteiger partial charge < -0.3 is 28.0 Å². The predicted molar refractivity (Wildman–Crippen MR) is 130 cm³/mol. The van der Waals surface area contributed by atoms with Crippen molar-refractivity contribution < 1.29 is 41.2 Å². The van der Waals surface area contributed by atoms with Gasteiger partial charge in [0.05, 0.1) is 32.0 Å². The minimum absolute atomic E-state index is 0. The third-order valence-corrected chi connectivity index (χ3v) is 5.43. The Morgan fingerprint density at radius 2 is 1.56 bits per heavy atom. The van der Waals surface area contributed by atoms with E-state index >= 15 is 0 Å². The van der Waals surface area contributed by atoms with Crippen LogP contribution in [0.3, 0.4) is 0 Å². The molecule has 0 unspecified atom stereocenters. The van der Waals surface area contributed by atoms with E-state index in [9.17, 15) is 14.4 Å². The molecule has 0 radical (unpaired) electrons. The summed E-state index contributed by atoms with van der Waals surface area (Å²) in [5.74, 6) is -1.48. The molecule has 2 atom stereocenters. The number of unbranched alkanes of at least 4 members (excludes halogenated alkanes) is 6. The van der Waals surface area contributed by atoms with Crippen molar-refractivity contribution in [2.45, 2.75) is 97.3 Å². The standard InChI is InChI=1S/C23H37ClN2O5.CH4.ClH.H3N/c1-3-5-7-9-13-30-22(28)16-18(23(29)31-14-10-8-6-4-2)15-20(27)19(24)17-21-25-11-12-26-21;;;/h11-12,18-19H,3-10,13-17H2,1-2H3,(H,25,26);1H4;1H;1H3/t18-,19+;;;/m1.../s1. The molecule has 1 heterocycles. The first-order chi connectivity index (χ1) is 15.0. The van der Waals surface area contributed by atoms with Crippen LogP contribution in [-0.2, 0) is 30.3 Å². The zero-order valence-electron chi connectivity index (χ0n) is 20.0. The zero-order chi connectivity index (χ0) is 22.9. The van der Waals surface area contributed by atoms with Gasteiger partial charge in [-0.25, -0.2) is 9.97 Å². The quantitative estimate of drug-likeness (QED) is 0.171. The van der Waals surface area contributed by atoms with Gasteiger partial charge in [0.2, 0.25) is 0 Å². The number of carbonyl (C=O) groups is 3. The molecule has 0 aliphatic carbocycles. The van der Waals surface area contributed by atoms with E-state index in [0.29, 0.717) is 6.61 Å². The second-order valence-corrected chi connectivity index (χ2v) is 8.38. The Hall–Kier alpha value is -1.64. The molecule has 10 heteroatoms. The fourth-order valence-corrected chi connectivity index (χ4v) is 3.38. The van der Waals surface area contributed by atoms with Crippen LogP contribution in [-0.4, -0.2) is 41.3 Å². The third-order valence-electron chi connectivity index (χ3n) is 5.03. The number of ether oxygens (including phenoxy) is 2. The third kappa shape index (κ3) is 16.9. The van der Waals surface area contributed by atoms with Gasteiger partial charge in [0.25, 0.3) is 5.82 Å². The van der Waals surface area contributed by atoms with Gasteiger partial charge in [-0.1, -0.05) is 59.8 Å². The molecule has 0 fully saturated rings. The van der Waals surface area contributed by atoms with Crippen molar-refractivity contribution in [3.63, 3.8) is 0 Å². The van der Waals surface area contributed by atoms with E-state index in [1.807, 2.05) is 0 Å². The predicted octanol–water partition coefficient (Wildman–Crippen LogP) is 1.99. The van der Waals surface area contributed by atoms with Gasteiger partial charge in [-0.3, -0.25) is 14.4 Å². The topological polar surface area (TPSA) is 135 Å². The van der Waals surface area contributed by atoms with Gasteiger partial charge in [-0.2, -0.15) is 0 Å². The number of H-pyrrole nitrogens is 2. The first-order valence-electron chi connectivity index (χ1n) is 11.5. The molecule has 0 spiro atoms. The molecule has 200 valence electrons. The number of imidazole rings is 1. The Labute approximate surface area is 216 Å². The van der Waals surface area contributed by atoms with Crippen molar-refractivity contribution in [2.75, 3.05) is 13.2 Å². The highest BCUT2D eigenvalue weighted by molar-refractivity contribution is 6.31. The zero-order valence-corrected chi connectivity index (χ0v) is 21.5. The summed E-state index contributed by atoms with van der Waals surface area (Å²) >= 11 is 6.24. The van der Waals surface area contributed by atoms with Crippen LogP contribution in [0.15, 0.2) is 12.4 Å². The summed E-state index contributed by atoms with van der Waals surface area (Å²) in [6, 6.07) is 0. The minimum atomic E-state index is -0.879. The molecule has 0 saturated carbocycles. The number of aromatic nitrogens is 2. The second-order valence-electron chi connectivity index (χ2n) is 7.85. The Balaban J connectivity index is -0.00000320. The molecular weight excluding hydrogens is 481 g/mol. The van der Waals surface area contributed by atoms with E-state index in [4.69, 9.17) is 21.1 Å². The second kappa shape index (κ2) is 23.1. The van der Waals surface area contributed by atoms with Crippen molar-refractivity contribution in [3.8, 4) is 0 Å². The maximum Gasteiger partial charge on any atom is 0.309 e. The molecule has 0 aliphatic rings. The highest BCUT2D eigenvalue weighted by atomic mass is 35.5. The molecule has 0 aliphatic heterocycles. The van der Waals surface area contributed by atoms with Gasteiger partial charge >= 0.3 is 11.9 Å². The van der Waals surface area contributed by atoms with Crippen LogP contribution in [0.4, 0.5) is 0 Å². The molecule has 0 amide bonds. The summed E-state index contributed by atoms with van der Waals surface area (Å²) in [5.41, 5.74) is 0. The van der Waals surface area contributed by atoms with Gasteiger partial charge in [-0.15, -0.1) is 11.6 Å². The van der Waals surface area contributed by atoms with Gasteiger partial charge in [-0.05, 0) is 12.8 Å². The summed E-state index contributed by atoms with van der Waals surface area (Å²) in [6.45, 7) is 4.83. The average molecular weight is 527 g/mol. The number of halogens is 2. The van der Waals surface area contributed by atoms with E-state index in [1.165, 1.54) is 0 Å². The summed E-state index contributed by atoms with van der Waals surface area (Å²) in [6.07, 6.45) is 11.3. The summed E-state index contributed by atoms with van der Waals surface area (Å²) in [7, 11) is 0. The van der Waals surface area contributed by atoms with E-state index in [1.54, 1.807) is 12.4 Å². The highest BCUT2D eigenvalue weighted by Crippen LogP contribution is 2.18. The number of esters is 2. The summed E-state index contributed by atoms with van der Waals surface area (Å²) < 4.78 is 10.6. The molecule has 0 saturated heterocycles. The van der Waals surface area contributed by atoms with Gasteiger partial charge in [0, 0.05) is 6.42 Å². The lowest BCUT2D eigenvalue weighted by atomic mass is 9.96. The minimum Gasteiger partial charge on any atom is -1.00 e. The van der Waals surface area contributed by atoms with Crippen LogP contribution in [0, 0.1) is 5.92 Å². The Bertz CT molecular complexity index is 645. The number of hydrogen-bond acceptors (Lipinski definition) is 6. The fourth-order valence-electron chi connectivity index (χ4n) is 3.14. The van der Waals surface area contributed by atoms with E-state index < -0.39 is 23.2 Å². The van der Waals surface area contributed by atoms with Crippen LogP contribution in [0.1, 0.15) is 91.3 Å². The molecule has 0 aromatic carbocycles. The number of aromatic amines is 2. The maximum atomic E-state index is 12.6. The van der Waals surface area contributed by atoms with E-state index in [-0.39, 0.29) is 57.6 Å². The highest BCUT2D eigenvalue weighted by Gasteiger charge is 2.30. The monoisotopic (exact) mass is 525 g/mol. The SMILES string of the molecule is C.CCCCCCOC(=O)C[C@@H](CC(=O)[C@@H](Cl)Cc1[nH]cc[nH+]1)C(=O)OCCCCCC.N.[Cl-]. The molecule has 5 N–H and O–H groups in total. The molecule has 0 bridgehead atoms. The van der Waals surface area contributed by atoms with Crippen LogP contribution >= 0.6 is 11.6 Å². The number of ketones is 1. The van der Waals surface area contributed by atoms with Crippen molar-refractivity contribution in [1.29, 1.82) is 0 Å².